The van der Waals surface area contributed by atoms with Gasteiger partial charge in [-0.05, 0) is 56.1 Å². The molecule has 1 aliphatic heterocycles. The van der Waals surface area contributed by atoms with Crippen LogP contribution in [-0.2, 0) is 4.79 Å². The number of hydrogen-bond acceptors (Lipinski definition) is 9. The van der Waals surface area contributed by atoms with Crippen LogP contribution in [0.4, 0.5) is 5.82 Å². The standard InChI is InChI=1S/C29H36N8O3S/c1-4-35(5-2)19(3)17-31-28(39)20-15-23(33-26(16-20)36-11-9-24(36)29(40)30-10-13-38)21-18-32-37-12-8-22(34-27(21)37)25-7-6-14-41-25/h6-8,12,14-16,18-19,24,38H,4-5,9-11,13,17H2,1-3H3,(H,30,40)(H,31,39)/t19?,24-/m0/s1. The van der Waals surface area contributed by atoms with Crippen LogP contribution in [0.25, 0.3) is 27.5 Å². The molecule has 4 aromatic heterocycles. The minimum atomic E-state index is -0.421. The number of aromatic nitrogens is 4. The monoisotopic (exact) mass is 576 g/mol. The molecule has 0 radical (unpaired) electrons. The molecule has 216 valence electrons. The maximum atomic E-state index is 13.5. The highest BCUT2D eigenvalue weighted by Gasteiger charge is 2.35. The van der Waals surface area contributed by atoms with Gasteiger partial charge in [-0.2, -0.15) is 5.10 Å². The second-order valence-corrected chi connectivity index (χ2v) is 11.0. The van der Waals surface area contributed by atoms with E-state index >= 15 is 0 Å². The van der Waals surface area contributed by atoms with Crippen molar-refractivity contribution in [1.82, 2.24) is 35.1 Å². The van der Waals surface area contributed by atoms with Crippen molar-refractivity contribution in [2.45, 2.75) is 39.3 Å². The molecular formula is C29H36N8O3S. The van der Waals surface area contributed by atoms with E-state index < -0.39 is 6.04 Å². The lowest BCUT2D eigenvalue weighted by Gasteiger charge is -2.40. The van der Waals surface area contributed by atoms with Crippen molar-refractivity contribution < 1.29 is 14.7 Å². The Morgan fingerprint density at radius 1 is 1.17 bits per heavy atom. The molecule has 0 aromatic carbocycles. The van der Waals surface area contributed by atoms with Gasteiger partial charge in [0.1, 0.15) is 11.9 Å². The van der Waals surface area contributed by atoms with Gasteiger partial charge in [-0.3, -0.25) is 14.5 Å². The molecule has 1 saturated heterocycles. The van der Waals surface area contributed by atoms with Crippen LogP contribution in [0.2, 0.25) is 0 Å². The van der Waals surface area contributed by atoms with Crippen molar-refractivity contribution in [3.8, 4) is 21.8 Å². The molecule has 1 unspecified atom stereocenters. The van der Waals surface area contributed by atoms with Crippen LogP contribution in [0.3, 0.4) is 0 Å². The molecule has 0 aliphatic carbocycles. The van der Waals surface area contributed by atoms with Gasteiger partial charge in [0.25, 0.3) is 5.91 Å². The smallest absolute Gasteiger partial charge is 0.251 e. The quantitative estimate of drug-likeness (QED) is 0.235. The second-order valence-electron chi connectivity index (χ2n) is 10.0. The number of nitrogens with one attached hydrogen (secondary N) is 2. The highest BCUT2D eigenvalue weighted by Crippen LogP contribution is 2.31. The number of aliphatic hydroxyl groups excluding tert-OH is 1. The van der Waals surface area contributed by atoms with Crippen LogP contribution in [0.1, 0.15) is 37.6 Å². The summed E-state index contributed by atoms with van der Waals surface area (Å²) in [5.41, 5.74) is 3.15. The zero-order valence-corrected chi connectivity index (χ0v) is 24.4. The van der Waals surface area contributed by atoms with Gasteiger partial charge in [0.2, 0.25) is 5.91 Å². The zero-order valence-electron chi connectivity index (χ0n) is 23.6. The summed E-state index contributed by atoms with van der Waals surface area (Å²) in [6.45, 7) is 9.32. The number of amides is 2. The third-order valence-electron chi connectivity index (χ3n) is 7.51. The van der Waals surface area contributed by atoms with Gasteiger partial charge in [0.05, 0.1) is 34.6 Å². The Balaban J connectivity index is 1.51. The first-order valence-electron chi connectivity index (χ1n) is 14.0. The summed E-state index contributed by atoms with van der Waals surface area (Å²) >= 11 is 1.61. The molecule has 1 fully saturated rings. The fourth-order valence-corrected chi connectivity index (χ4v) is 5.79. The van der Waals surface area contributed by atoms with E-state index in [1.165, 1.54) is 0 Å². The Hall–Kier alpha value is -3.87. The van der Waals surface area contributed by atoms with Gasteiger partial charge in [-0.15, -0.1) is 11.3 Å². The maximum absolute atomic E-state index is 13.5. The average Bonchev–Trinajstić information content (AvgIpc) is 3.65. The number of nitrogens with zero attached hydrogens (tertiary/aromatic N) is 6. The van der Waals surface area contributed by atoms with Gasteiger partial charge < -0.3 is 20.6 Å². The summed E-state index contributed by atoms with van der Waals surface area (Å²) in [5.74, 6) is 0.155. The summed E-state index contributed by atoms with van der Waals surface area (Å²) < 4.78 is 1.70. The number of fused-ring (bicyclic) bond motifs is 1. The lowest BCUT2D eigenvalue weighted by molar-refractivity contribution is -0.123. The molecule has 5 rings (SSSR count). The molecule has 2 amide bonds. The maximum Gasteiger partial charge on any atom is 0.251 e. The third kappa shape index (κ3) is 6.09. The van der Waals surface area contributed by atoms with Crippen molar-refractivity contribution in [2.75, 3.05) is 44.2 Å². The number of aliphatic hydroxyl groups is 1. The number of carbonyl (C=O) groups is 2. The minimum Gasteiger partial charge on any atom is -0.395 e. The Bertz CT molecular complexity index is 1500. The average molecular weight is 577 g/mol. The molecule has 0 spiro atoms. The predicted molar refractivity (Wildman–Crippen MR) is 160 cm³/mol. The van der Waals surface area contributed by atoms with E-state index in [9.17, 15) is 9.59 Å². The molecule has 2 atom stereocenters. The summed E-state index contributed by atoms with van der Waals surface area (Å²) in [5, 5.41) is 21.5. The first kappa shape index (κ1) is 28.7. The number of likely N-dealkylation sites (N-methyl/N-ethyl adjacent to an activating group) is 1. The lowest BCUT2D eigenvalue weighted by Crippen LogP contribution is -2.57. The molecule has 12 heteroatoms. The molecule has 5 heterocycles. The van der Waals surface area contributed by atoms with Gasteiger partial charge in [-0.25, -0.2) is 14.5 Å². The normalized spacial score (nSPS) is 15.6. The van der Waals surface area contributed by atoms with Crippen molar-refractivity contribution in [2.24, 2.45) is 0 Å². The number of carbonyl (C=O) groups excluding carboxylic acids is 2. The van der Waals surface area contributed by atoms with Crippen molar-refractivity contribution in [3.05, 3.63) is 53.7 Å². The van der Waals surface area contributed by atoms with E-state index in [0.717, 1.165) is 23.7 Å². The number of rotatable bonds is 12. The van der Waals surface area contributed by atoms with E-state index in [1.807, 2.05) is 34.7 Å². The minimum absolute atomic E-state index is 0.127. The van der Waals surface area contributed by atoms with E-state index in [4.69, 9.17) is 15.1 Å². The van der Waals surface area contributed by atoms with Crippen LogP contribution < -0.4 is 15.5 Å². The largest absolute Gasteiger partial charge is 0.395 e. The Morgan fingerprint density at radius 2 is 2.00 bits per heavy atom. The molecule has 3 N–H and O–H groups in total. The van der Waals surface area contributed by atoms with Crippen molar-refractivity contribution in [3.63, 3.8) is 0 Å². The Labute approximate surface area is 243 Å². The highest BCUT2D eigenvalue weighted by molar-refractivity contribution is 7.13. The van der Waals surface area contributed by atoms with Gasteiger partial charge >= 0.3 is 0 Å². The number of hydrogen-bond donors (Lipinski definition) is 3. The van der Waals surface area contributed by atoms with Crippen LogP contribution in [0.15, 0.2) is 48.1 Å². The van der Waals surface area contributed by atoms with E-state index in [-0.39, 0.29) is 31.0 Å². The molecule has 41 heavy (non-hydrogen) atoms. The fraction of sp³-hybridized carbons (Fsp3) is 0.414. The zero-order chi connectivity index (χ0) is 28.9. The summed E-state index contributed by atoms with van der Waals surface area (Å²) in [7, 11) is 0. The lowest BCUT2D eigenvalue weighted by atomic mass is 10.0. The summed E-state index contributed by atoms with van der Waals surface area (Å²) in [6.07, 6.45) is 4.23. The molecule has 11 nitrogen and oxygen atoms in total. The molecular weight excluding hydrogens is 540 g/mol. The van der Waals surface area contributed by atoms with Crippen LogP contribution in [-0.4, -0.2) is 92.8 Å². The molecule has 4 aromatic rings. The third-order valence-corrected chi connectivity index (χ3v) is 8.41. The Morgan fingerprint density at radius 3 is 2.68 bits per heavy atom. The van der Waals surface area contributed by atoms with Crippen LogP contribution >= 0.6 is 11.3 Å². The number of anilines is 1. The summed E-state index contributed by atoms with van der Waals surface area (Å²) in [6, 6.07) is 9.19. The second kappa shape index (κ2) is 12.8. The molecule has 0 bridgehead atoms. The Kier molecular flexibility index (Phi) is 8.91. The van der Waals surface area contributed by atoms with Crippen LogP contribution in [0, 0.1) is 0 Å². The summed E-state index contributed by atoms with van der Waals surface area (Å²) in [4.78, 5) is 41.2. The highest BCUT2D eigenvalue weighted by atomic mass is 32.1. The van der Waals surface area contributed by atoms with Crippen molar-refractivity contribution in [1.29, 1.82) is 0 Å². The van der Waals surface area contributed by atoms with E-state index in [2.05, 4.69) is 41.4 Å². The number of thiophene rings is 1. The number of pyridine rings is 1. The predicted octanol–water partition coefficient (Wildman–Crippen LogP) is 2.67. The SMILES string of the molecule is CCN(CC)C(C)CNC(=O)c1cc(-c2cnn3ccc(-c4cccs4)nc23)nc(N2CC[C@H]2C(=O)NCCO)c1. The van der Waals surface area contributed by atoms with E-state index in [0.29, 0.717) is 47.8 Å². The van der Waals surface area contributed by atoms with Gasteiger partial charge in [0, 0.05) is 37.4 Å². The topological polar surface area (TPSA) is 128 Å². The van der Waals surface area contributed by atoms with Crippen molar-refractivity contribution >= 4 is 34.6 Å². The molecule has 1 aliphatic rings. The first-order chi connectivity index (χ1) is 19.9. The fourth-order valence-electron chi connectivity index (χ4n) is 5.09. The van der Waals surface area contributed by atoms with Crippen LogP contribution in [0.5, 0.6) is 0 Å². The van der Waals surface area contributed by atoms with Gasteiger partial charge in [0.15, 0.2) is 5.65 Å². The van der Waals surface area contributed by atoms with Gasteiger partial charge in [-0.1, -0.05) is 19.9 Å². The van der Waals surface area contributed by atoms with E-state index in [1.54, 1.807) is 34.2 Å². The first-order valence-corrected chi connectivity index (χ1v) is 14.9. The molecule has 0 saturated carbocycles.